The summed E-state index contributed by atoms with van der Waals surface area (Å²) in [4.78, 5) is 50.1. The molecule has 3 heterocycles. The van der Waals surface area contributed by atoms with E-state index in [1.807, 2.05) is 31.2 Å². The molecule has 0 bridgehead atoms. The summed E-state index contributed by atoms with van der Waals surface area (Å²) in [6, 6.07) is 13.5. The highest BCUT2D eigenvalue weighted by Gasteiger charge is 2.37. The van der Waals surface area contributed by atoms with Crippen LogP contribution in [-0.4, -0.2) is 51.2 Å². The van der Waals surface area contributed by atoms with Crippen LogP contribution in [0, 0.1) is 12.8 Å². The van der Waals surface area contributed by atoms with Crippen LogP contribution >= 0.6 is 11.6 Å². The molecule has 1 saturated carbocycles. The molecular formula is C29H30ClN5O3. The lowest BCUT2D eigenvalue weighted by molar-refractivity contribution is -0.120. The summed E-state index contributed by atoms with van der Waals surface area (Å²) in [7, 11) is 0. The Morgan fingerprint density at radius 2 is 1.89 bits per heavy atom. The topological polar surface area (TPSA) is 104 Å². The van der Waals surface area contributed by atoms with Gasteiger partial charge in [0.15, 0.2) is 0 Å². The second kappa shape index (κ2) is 11.3. The minimum Gasteiger partial charge on any atom is -0.348 e. The number of amides is 3. The standard InChI is InChI=1S/C29H30ClN5O3/c1-18-5-12-24(32-16-18)27(36)33-21-9-6-19(7-10-21)17-35-26(15-22-4-2-3-13-31-22)28(37)34-25-14-20(30)8-11-23(25)29(35)38/h2-5,8,11-14,16,19,21,26H,6-7,9-10,15,17H2,1H3,(H,33,36)(H,34,37). The van der Waals surface area contributed by atoms with E-state index in [9.17, 15) is 14.4 Å². The molecule has 0 spiro atoms. The molecule has 3 amide bonds. The summed E-state index contributed by atoms with van der Waals surface area (Å²) in [5.74, 6) is -0.413. The number of hydrogen-bond donors (Lipinski definition) is 2. The van der Waals surface area contributed by atoms with E-state index in [0.29, 0.717) is 34.9 Å². The molecule has 0 radical (unpaired) electrons. The van der Waals surface area contributed by atoms with Crippen molar-refractivity contribution in [3.05, 3.63) is 88.5 Å². The Morgan fingerprint density at radius 1 is 1.08 bits per heavy atom. The minimum atomic E-state index is -0.700. The highest BCUT2D eigenvalue weighted by molar-refractivity contribution is 6.31. The summed E-state index contributed by atoms with van der Waals surface area (Å²) in [5.41, 5.74) is 3.02. The van der Waals surface area contributed by atoms with Crippen molar-refractivity contribution >= 4 is 35.0 Å². The Labute approximate surface area is 226 Å². The number of carbonyl (C=O) groups excluding carboxylic acids is 3. The van der Waals surface area contributed by atoms with Gasteiger partial charge in [-0.15, -0.1) is 0 Å². The van der Waals surface area contributed by atoms with Crippen LogP contribution in [0.3, 0.4) is 0 Å². The van der Waals surface area contributed by atoms with Gasteiger partial charge in [0.1, 0.15) is 11.7 Å². The first-order valence-electron chi connectivity index (χ1n) is 12.9. The molecule has 1 aromatic carbocycles. The van der Waals surface area contributed by atoms with Gasteiger partial charge >= 0.3 is 0 Å². The first-order chi connectivity index (χ1) is 18.4. The Balaban J connectivity index is 1.29. The number of nitrogens with zero attached hydrogens (tertiary/aromatic N) is 3. The van der Waals surface area contributed by atoms with Crippen LogP contribution < -0.4 is 10.6 Å². The van der Waals surface area contributed by atoms with Crippen LogP contribution in [0.2, 0.25) is 5.02 Å². The molecule has 1 atom stereocenters. The third-order valence-electron chi connectivity index (χ3n) is 7.32. The lowest BCUT2D eigenvalue weighted by Gasteiger charge is -2.35. The number of aromatic nitrogens is 2. The van der Waals surface area contributed by atoms with Crippen LogP contribution in [0.4, 0.5) is 5.69 Å². The summed E-state index contributed by atoms with van der Waals surface area (Å²) in [5, 5.41) is 6.46. The van der Waals surface area contributed by atoms with Crippen LogP contribution in [-0.2, 0) is 11.2 Å². The lowest BCUT2D eigenvalue weighted by atomic mass is 9.85. The smallest absolute Gasteiger partial charge is 0.270 e. The molecule has 8 nitrogen and oxygen atoms in total. The number of pyridine rings is 2. The number of halogens is 1. The molecule has 1 aliphatic heterocycles. The largest absolute Gasteiger partial charge is 0.348 e. The van der Waals surface area contributed by atoms with Crippen LogP contribution in [0.25, 0.3) is 0 Å². The molecule has 2 aliphatic rings. The zero-order valence-electron chi connectivity index (χ0n) is 21.2. The van der Waals surface area contributed by atoms with Gasteiger partial charge in [0.2, 0.25) is 5.91 Å². The zero-order chi connectivity index (χ0) is 26.6. The normalized spacial score (nSPS) is 21.3. The van der Waals surface area contributed by atoms with E-state index < -0.39 is 6.04 Å². The Morgan fingerprint density at radius 3 is 2.61 bits per heavy atom. The number of benzene rings is 1. The molecule has 0 saturated heterocycles. The van der Waals surface area contributed by atoms with E-state index >= 15 is 0 Å². The van der Waals surface area contributed by atoms with Gasteiger partial charge in [0.05, 0.1) is 11.3 Å². The Bertz CT molecular complexity index is 1320. The van der Waals surface area contributed by atoms with Crippen molar-refractivity contribution in [2.45, 2.75) is 51.1 Å². The fourth-order valence-electron chi connectivity index (χ4n) is 5.22. The number of hydrogen-bond acceptors (Lipinski definition) is 5. The number of rotatable bonds is 6. The summed E-state index contributed by atoms with van der Waals surface area (Å²) in [6.07, 6.45) is 6.96. The number of nitrogens with one attached hydrogen (secondary N) is 2. The number of fused-ring (bicyclic) bond motifs is 1. The number of anilines is 1. The van der Waals surface area contributed by atoms with E-state index in [1.54, 1.807) is 41.6 Å². The average Bonchev–Trinajstić information content (AvgIpc) is 3.00. The molecule has 38 heavy (non-hydrogen) atoms. The SMILES string of the molecule is Cc1ccc(C(=O)NC2CCC(CN3C(=O)c4ccc(Cl)cc4NC(=O)C3Cc3ccccn3)CC2)nc1. The fraction of sp³-hybridized carbons (Fsp3) is 0.345. The first kappa shape index (κ1) is 25.9. The molecule has 1 aliphatic carbocycles. The Kier molecular flexibility index (Phi) is 7.69. The molecule has 1 fully saturated rings. The predicted molar refractivity (Wildman–Crippen MR) is 145 cm³/mol. The molecule has 2 aromatic heterocycles. The fourth-order valence-corrected chi connectivity index (χ4v) is 5.39. The van der Waals surface area contributed by atoms with Gasteiger partial charge in [0.25, 0.3) is 11.8 Å². The van der Waals surface area contributed by atoms with Gasteiger partial charge in [-0.25, -0.2) is 0 Å². The molecule has 5 rings (SSSR count). The first-order valence-corrected chi connectivity index (χ1v) is 13.3. The number of carbonyl (C=O) groups is 3. The maximum absolute atomic E-state index is 13.8. The number of aryl methyl sites for hydroxylation is 1. The molecule has 9 heteroatoms. The van der Waals surface area contributed by atoms with Crippen molar-refractivity contribution in [1.82, 2.24) is 20.2 Å². The zero-order valence-corrected chi connectivity index (χ0v) is 21.9. The highest BCUT2D eigenvalue weighted by atomic mass is 35.5. The maximum atomic E-state index is 13.8. The summed E-state index contributed by atoms with van der Waals surface area (Å²) in [6.45, 7) is 2.38. The van der Waals surface area contributed by atoms with E-state index in [0.717, 1.165) is 36.9 Å². The van der Waals surface area contributed by atoms with E-state index in [-0.39, 0.29) is 29.7 Å². The van der Waals surface area contributed by atoms with Gasteiger partial charge in [-0.2, -0.15) is 0 Å². The highest BCUT2D eigenvalue weighted by Crippen LogP contribution is 2.31. The van der Waals surface area contributed by atoms with Gasteiger partial charge in [0, 0.05) is 42.1 Å². The third-order valence-corrected chi connectivity index (χ3v) is 7.55. The van der Waals surface area contributed by atoms with Crippen molar-refractivity contribution in [1.29, 1.82) is 0 Å². The summed E-state index contributed by atoms with van der Waals surface area (Å²) < 4.78 is 0. The molecule has 3 aromatic rings. The third kappa shape index (κ3) is 5.86. The van der Waals surface area contributed by atoms with Gasteiger partial charge in [-0.3, -0.25) is 24.4 Å². The van der Waals surface area contributed by atoms with E-state index in [1.165, 1.54) is 0 Å². The van der Waals surface area contributed by atoms with E-state index in [2.05, 4.69) is 20.6 Å². The monoisotopic (exact) mass is 531 g/mol. The second-order valence-electron chi connectivity index (χ2n) is 10.1. The maximum Gasteiger partial charge on any atom is 0.270 e. The van der Waals surface area contributed by atoms with Crippen LogP contribution in [0.5, 0.6) is 0 Å². The molecule has 1 unspecified atom stereocenters. The van der Waals surface area contributed by atoms with Gasteiger partial charge < -0.3 is 15.5 Å². The second-order valence-corrected chi connectivity index (χ2v) is 10.5. The summed E-state index contributed by atoms with van der Waals surface area (Å²) >= 11 is 6.16. The van der Waals surface area contributed by atoms with Gasteiger partial charge in [-0.05, 0) is 80.5 Å². The van der Waals surface area contributed by atoms with Crippen LogP contribution in [0.15, 0.2) is 60.9 Å². The van der Waals surface area contributed by atoms with Crippen molar-refractivity contribution in [2.75, 3.05) is 11.9 Å². The van der Waals surface area contributed by atoms with E-state index in [4.69, 9.17) is 11.6 Å². The van der Waals surface area contributed by atoms with Crippen molar-refractivity contribution < 1.29 is 14.4 Å². The Hall–Kier alpha value is -3.78. The van der Waals surface area contributed by atoms with Crippen molar-refractivity contribution in [3.63, 3.8) is 0 Å². The quantitative estimate of drug-likeness (QED) is 0.489. The minimum absolute atomic E-state index is 0.0529. The lowest BCUT2D eigenvalue weighted by Crippen LogP contribution is -2.49. The van der Waals surface area contributed by atoms with Gasteiger partial charge in [-0.1, -0.05) is 23.7 Å². The predicted octanol–water partition coefficient (Wildman–Crippen LogP) is 4.43. The molecule has 2 N–H and O–H groups in total. The average molecular weight is 532 g/mol. The molecular weight excluding hydrogens is 502 g/mol. The molecule has 196 valence electrons. The van der Waals surface area contributed by atoms with Crippen molar-refractivity contribution in [3.8, 4) is 0 Å². The van der Waals surface area contributed by atoms with Crippen LogP contribution in [0.1, 0.15) is 57.8 Å². The van der Waals surface area contributed by atoms with Crippen molar-refractivity contribution in [2.24, 2.45) is 5.92 Å².